The van der Waals surface area contributed by atoms with E-state index in [0.717, 1.165) is 23.9 Å². The Morgan fingerprint density at radius 2 is 2.05 bits per heavy atom. The third-order valence-electron chi connectivity index (χ3n) is 2.36. The summed E-state index contributed by atoms with van der Waals surface area (Å²) in [6.07, 6.45) is -1.10. The van der Waals surface area contributed by atoms with Crippen molar-refractivity contribution in [3.63, 3.8) is 0 Å². The van der Waals surface area contributed by atoms with E-state index >= 15 is 0 Å². The summed E-state index contributed by atoms with van der Waals surface area (Å²) in [7, 11) is 3.29. The van der Waals surface area contributed by atoms with Gasteiger partial charge in [0.05, 0.1) is 5.56 Å². The van der Waals surface area contributed by atoms with Crippen LogP contribution in [0.15, 0.2) is 34.7 Å². The number of pyridine rings is 1. The number of hydrogen-bond donors (Lipinski definition) is 1. The zero-order valence-electron chi connectivity index (χ0n) is 10.2. The van der Waals surface area contributed by atoms with E-state index in [1.165, 1.54) is 7.05 Å². The smallest absolute Gasteiger partial charge is 0.373 e. The fourth-order valence-electron chi connectivity index (χ4n) is 1.39. The Labute approximate surface area is 112 Å². The van der Waals surface area contributed by atoms with Crippen LogP contribution in [0.2, 0.25) is 0 Å². The van der Waals surface area contributed by atoms with Gasteiger partial charge in [-0.1, -0.05) is 0 Å². The number of anilines is 1. The van der Waals surface area contributed by atoms with Crippen molar-refractivity contribution in [1.82, 2.24) is 14.5 Å². The highest BCUT2D eigenvalue weighted by Gasteiger charge is 2.31. The van der Waals surface area contributed by atoms with Crippen molar-refractivity contribution in [2.24, 2.45) is 7.05 Å². The van der Waals surface area contributed by atoms with Gasteiger partial charge in [0.2, 0.25) is 0 Å². The Morgan fingerprint density at radius 3 is 2.58 bits per heavy atom. The molecule has 0 atom stereocenters. The van der Waals surface area contributed by atoms with Gasteiger partial charge in [-0.05, 0) is 23.9 Å². The molecule has 2 aromatic rings. The number of nitrogens with zero attached hydrogens (tertiary/aromatic N) is 3. The van der Waals surface area contributed by atoms with E-state index in [2.05, 4.69) is 15.3 Å². The normalized spacial score (nSPS) is 11.6. The van der Waals surface area contributed by atoms with Crippen LogP contribution in [0.5, 0.6) is 0 Å². The van der Waals surface area contributed by atoms with Gasteiger partial charge < -0.3 is 9.88 Å². The maximum Gasteiger partial charge on any atom is 0.416 e. The molecule has 0 aromatic carbocycles. The van der Waals surface area contributed by atoms with Crippen LogP contribution in [0.25, 0.3) is 0 Å². The highest BCUT2D eigenvalue weighted by atomic mass is 32.2. The monoisotopic (exact) mass is 288 g/mol. The lowest BCUT2D eigenvalue weighted by Crippen LogP contribution is -2.07. The molecule has 0 spiro atoms. The standard InChI is InChI=1S/C11H11F3N4S/c1-15-8-5-7(11(12,13)14)6-9(17-8)19-10-16-3-4-18(10)2/h3-6H,1-2H3,(H,15,17). The van der Waals surface area contributed by atoms with Gasteiger partial charge in [-0.15, -0.1) is 0 Å². The molecule has 0 saturated carbocycles. The van der Waals surface area contributed by atoms with E-state index in [-0.39, 0.29) is 10.8 Å². The number of hydrogen-bond acceptors (Lipinski definition) is 4. The van der Waals surface area contributed by atoms with Crippen LogP contribution in [0.4, 0.5) is 19.0 Å². The minimum Gasteiger partial charge on any atom is -0.373 e. The number of halogens is 3. The number of rotatable bonds is 3. The Morgan fingerprint density at radius 1 is 1.32 bits per heavy atom. The SMILES string of the molecule is CNc1cc(C(F)(F)F)cc(Sc2nccn2C)n1. The second-order valence-electron chi connectivity index (χ2n) is 3.75. The van der Waals surface area contributed by atoms with Gasteiger partial charge in [-0.3, -0.25) is 0 Å². The predicted molar refractivity (Wildman–Crippen MR) is 66.1 cm³/mol. The number of nitrogens with one attached hydrogen (secondary N) is 1. The van der Waals surface area contributed by atoms with Crippen LogP contribution in [0, 0.1) is 0 Å². The molecular formula is C11H11F3N4S. The molecule has 0 unspecified atom stereocenters. The number of alkyl halides is 3. The molecule has 0 bridgehead atoms. The second-order valence-corrected chi connectivity index (χ2v) is 4.74. The summed E-state index contributed by atoms with van der Waals surface area (Å²) in [5.74, 6) is 0.173. The minimum atomic E-state index is -4.40. The predicted octanol–water partition coefficient (Wildman–Crippen LogP) is 3.03. The molecule has 0 aliphatic rings. The van der Waals surface area contributed by atoms with Crippen molar-refractivity contribution in [1.29, 1.82) is 0 Å². The van der Waals surface area contributed by atoms with Crippen LogP contribution in [0.1, 0.15) is 5.56 Å². The fourth-order valence-corrected chi connectivity index (χ4v) is 2.23. The van der Waals surface area contributed by atoms with Crippen LogP contribution in [-0.2, 0) is 13.2 Å². The van der Waals surface area contributed by atoms with Crippen molar-refractivity contribution in [3.05, 3.63) is 30.1 Å². The highest BCUT2D eigenvalue weighted by molar-refractivity contribution is 7.99. The summed E-state index contributed by atoms with van der Waals surface area (Å²) >= 11 is 1.08. The molecule has 0 fully saturated rings. The zero-order chi connectivity index (χ0) is 14.0. The van der Waals surface area contributed by atoms with Gasteiger partial charge in [0, 0.05) is 26.5 Å². The van der Waals surface area contributed by atoms with Gasteiger partial charge in [-0.2, -0.15) is 13.2 Å². The van der Waals surface area contributed by atoms with Crippen molar-refractivity contribution in [2.75, 3.05) is 12.4 Å². The van der Waals surface area contributed by atoms with Crippen LogP contribution < -0.4 is 5.32 Å². The molecule has 8 heteroatoms. The molecule has 2 rings (SSSR count). The first-order chi connectivity index (χ1) is 8.90. The van der Waals surface area contributed by atoms with E-state index in [1.54, 1.807) is 24.0 Å². The van der Waals surface area contributed by atoms with E-state index in [0.29, 0.717) is 5.16 Å². The molecule has 1 N–H and O–H groups in total. The molecule has 19 heavy (non-hydrogen) atoms. The van der Waals surface area contributed by atoms with Crippen molar-refractivity contribution in [3.8, 4) is 0 Å². The maximum atomic E-state index is 12.8. The van der Waals surface area contributed by atoms with Gasteiger partial charge in [-0.25, -0.2) is 9.97 Å². The van der Waals surface area contributed by atoms with Crippen LogP contribution in [-0.4, -0.2) is 21.6 Å². The number of imidazole rings is 1. The zero-order valence-corrected chi connectivity index (χ0v) is 11.0. The number of aryl methyl sites for hydroxylation is 1. The molecule has 102 valence electrons. The van der Waals surface area contributed by atoms with E-state index in [1.807, 2.05) is 0 Å². The molecule has 0 saturated heterocycles. The molecule has 2 heterocycles. The van der Waals surface area contributed by atoms with Crippen LogP contribution >= 0.6 is 11.8 Å². The largest absolute Gasteiger partial charge is 0.416 e. The summed E-state index contributed by atoms with van der Waals surface area (Å²) in [6, 6.07) is 1.99. The summed E-state index contributed by atoms with van der Waals surface area (Å²) in [5, 5.41) is 3.44. The quantitative estimate of drug-likeness (QED) is 0.942. The third-order valence-corrected chi connectivity index (χ3v) is 3.35. The molecule has 4 nitrogen and oxygen atoms in total. The van der Waals surface area contributed by atoms with Gasteiger partial charge in [0.25, 0.3) is 0 Å². The Balaban J connectivity index is 2.37. The minimum absolute atomic E-state index is 0.173. The first-order valence-corrected chi connectivity index (χ1v) is 6.14. The summed E-state index contributed by atoms with van der Waals surface area (Å²) in [5.41, 5.74) is -0.733. The fraction of sp³-hybridized carbons (Fsp3) is 0.273. The average Bonchev–Trinajstić information content (AvgIpc) is 2.73. The van der Waals surface area contributed by atoms with Crippen molar-refractivity contribution in [2.45, 2.75) is 16.4 Å². The van der Waals surface area contributed by atoms with Gasteiger partial charge >= 0.3 is 6.18 Å². The molecule has 2 aromatic heterocycles. The topological polar surface area (TPSA) is 42.7 Å². The first-order valence-electron chi connectivity index (χ1n) is 5.32. The van der Waals surface area contributed by atoms with E-state index < -0.39 is 11.7 Å². The van der Waals surface area contributed by atoms with E-state index in [4.69, 9.17) is 0 Å². The lowest BCUT2D eigenvalue weighted by molar-refractivity contribution is -0.137. The van der Waals surface area contributed by atoms with Crippen molar-refractivity contribution >= 4 is 17.6 Å². The Hall–Kier alpha value is -1.70. The van der Waals surface area contributed by atoms with Gasteiger partial charge in [0.1, 0.15) is 10.8 Å². The summed E-state index contributed by atoms with van der Waals surface area (Å²) < 4.78 is 40.0. The summed E-state index contributed by atoms with van der Waals surface area (Å²) in [4.78, 5) is 8.12. The average molecular weight is 288 g/mol. The van der Waals surface area contributed by atoms with Crippen LogP contribution in [0.3, 0.4) is 0 Å². The third kappa shape index (κ3) is 3.19. The first kappa shape index (κ1) is 13.7. The van der Waals surface area contributed by atoms with Crippen molar-refractivity contribution < 1.29 is 13.2 Å². The Kier molecular flexibility index (Phi) is 3.70. The Bertz CT molecular complexity index is 580. The molecule has 0 amide bonds. The van der Waals surface area contributed by atoms with Gasteiger partial charge in [0.15, 0.2) is 5.16 Å². The lowest BCUT2D eigenvalue weighted by Gasteiger charge is -2.10. The molecule has 0 aliphatic heterocycles. The second kappa shape index (κ2) is 5.12. The molecule has 0 radical (unpaired) electrons. The maximum absolute atomic E-state index is 12.8. The van der Waals surface area contributed by atoms with E-state index in [9.17, 15) is 13.2 Å². The summed E-state index contributed by atoms with van der Waals surface area (Å²) in [6.45, 7) is 0. The number of aromatic nitrogens is 3. The highest BCUT2D eigenvalue weighted by Crippen LogP contribution is 2.34. The molecular weight excluding hydrogens is 277 g/mol. The molecule has 0 aliphatic carbocycles. The lowest BCUT2D eigenvalue weighted by atomic mass is 10.2.